The van der Waals surface area contributed by atoms with Gasteiger partial charge < -0.3 is 19.9 Å². The number of carbonyl (C=O) groups excluding carboxylic acids is 2. The quantitative estimate of drug-likeness (QED) is 0.780. The number of aliphatic carboxylic acids is 1. The average molecular weight is 388 g/mol. The molecule has 2 heterocycles. The number of carboxylic acid groups (broad SMARTS) is 1. The van der Waals surface area contributed by atoms with Gasteiger partial charge >= 0.3 is 11.7 Å². The summed E-state index contributed by atoms with van der Waals surface area (Å²) in [5.41, 5.74) is 1.03. The first kappa shape index (κ1) is 19.7. The third-order valence-electron chi connectivity index (χ3n) is 5.18. The number of carbonyl (C=O) groups is 3. The minimum absolute atomic E-state index is 0.0565. The van der Waals surface area contributed by atoms with E-state index in [1.54, 1.807) is 17.0 Å². The van der Waals surface area contributed by atoms with Crippen molar-refractivity contribution in [2.75, 3.05) is 19.6 Å². The van der Waals surface area contributed by atoms with Gasteiger partial charge in [-0.3, -0.25) is 19.0 Å². The van der Waals surface area contributed by atoms with E-state index in [9.17, 15) is 19.2 Å². The predicted molar refractivity (Wildman–Crippen MR) is 102 cm³/mol. The average Bonchev–Trinajstić information content (AvgIpc) is 2.82. The Morgan fingerprint density at radius 3 is 2.68 bits per heavy atom. The molecule has 150 valence electrons. The molecule has 1 aliphatic rings. The van der Waals surface area contributed by atoms with Crippen molar-refractivity contribution in [2.24, 2.45) is 0 Å². The molecule has 1 aromatic carbocycles. The zero-order valence-corrected chi connectivity index (χ0v) is 15.8. The lowest BCUT2D eigenvalue weighted by atomic mass is 10.1. The first-order chi connectivity index (χ1) is 13.4. The number of imidazole rings is 1. The van der Waals surface area contributed by atoms with Crippen LogP contribution in [0.1, 0.15) is 26.2 Å². The SMILES string of the molecule is CC(=O)N(CC(=O)O)C1CCCN(C(=O)Cn2c(=O)[nH]c3ccccc32)CC1. The van der Waals surface area contributed by atoms with Gasteiger partial charge in [0.2, 0.25) is 11.8 Å². The molecule has 9 heteroatoms. The number of para-hydroxylation sites is 2. The molecule has 2 amide bonds. The van der Waals surface area contributed by atoms with Gasteiger partial charge in [-0.1, -0.05) is 12.1 Å². The molecule has 1 fully saturated rings. The summed E-state index contributed by atoms with van der Waals surface area (Å²) in [6.07, 6.45) is 1.83. The van der Waals surface area contributed by atoms with E-state index >= 15 is 0 Å². The number of hydrogen-bond acceptors (Lipinski definition) is 4. The summed E-state index contributed by atoms with van der Waals surface area (Å²) >= 11 is 0. The Kier molecular flexibility index (Phi) is 5.81. The van der Waals surface area contributed by atoms with Gasteiger partial charge in [-0.15, -0.1) is 0 Å². The molecule has 2 aromatic rings. The second-order valence-electron chi connectivity index (χ2n) is 7.04. The van der Waals surface area contributed by atoms with Crippen LogP contribution in [0.4, 0.5) is 0 Å². The highest BCUT2D eigenvalue weighted by Crippen LogP contribution is 2.18. The number of hydrogen-bond donors (Lipinski definition) is 2. The fraction of sp³-hybridized carbons (Fsp3) is 0.474. The zero-order chi connectivity index (χ0) is 20.3. The molecular weight excluding hydrogens is 364 g/mol. The summed E-state index contributed by atoms with van der Waals surface area (Å²) in [5.74, 6) is -1.50. The molecule has 1 aromatic heterocycles. The van der Waals surface area contributed by atoms with E-state index in [4.69, 9.17) is 5.11 Å². The maximum absolute atomic E-state index is 12.8. The Balaban J connectivity index is 1.69. The summed E-state index contributed by atoms with van der Waals surface area (Å²) in [7, 11) is 0. The molecule has 9 nitrogen and oxygen atoms in total. The van der Waals surface area contributed by atoms with Crippen LogP contribution in [0, 0.1) is 0 Å². The number of likely N-dealkylation sites (tertiary alicyclic amines) is 1. The van der Waals surface area contributed by atoms with Crippen LogP contribution in [0.15, 0.2) is 29.1 Å². The summed E-state index contributed by atoms with van der Waals surface area (Å²) < 4.78 is 1.42. The lowest BCUT2D eigenvalue weighted by Gasteiger charge is -2.28. The first-order valence-corrected chi connectivity index (χ1v) is 9.31. The smallest absolute Gasteiger partial charge is 0.326 e. The normalized spacial score (nSPS) is 17.3. The van der Waals surface area contributed by atoms with E-state index in [-0.39, 0.29) is 36.6 Å². The Bertz CT molecular complexity index is 947. The third kappa shape index (κ3) is 4.24. The van der Waals surface area contributed by atoms with E-state index in [2.05, 4.69) is 4.98 Å². The van der Waals surface area contributed by atoms with Gasteiger partial charge in [0.05, 0.1) is 11.0 Å². The van der Waals surface area contributed by atoms with E-state index in [1.165, 1.54) is 16.4 Å². The molecule has 2 N–H and O–H groups in total. The van der Waals surface area contributed by atoms with Crippen molar-refractivity contribution >= 4 is 28.8 Å². The fourth-order valence-corrected chi connectivity index (χ4v) is 3.78. The summed E-state index contributed by atoms with van der Waals surface area (Å²) in [4.78, 5) is 53.6. The molecule has 3 rings (SSSR count). The number of amides is 2. The third-order valence-corrected chi connectivity index (χ3v) is 5.18. The van der Waals surface area contributed by atoms with Crippen LogP contribution in [0.25, 0.3) is 11.0 Å². The number of benzene rings is 1. The van der Waals surface area contributed by atoms with Crippen molar-refractivity contribution in [3.05, 3.63) is 34.7 Å². The first-order valence-electron chi connectivity index (χ1n) is 9.31. The van der Waals surface area contributed by atoms with Gasteiger partial charge in [0.25, 0.3) is 0 Å². The summed E-state index contributed by atoms with van der Waals surface area (Å²) in [6, 6.07) is 6.99. The fourth-order valence-electron chi connectivity index (χ4n) is 3.78. The van der Waals surface area contributed by atoms with Crippen LogP contribution in [0.3, 0.4) is 0 Å². The van der Waals surface area contributed by atoms with Crippen molar-refractivity contribution in [3.63, 3.8) is 0 Å². The Labute approximate surface area is 161 Å². The highest BCUT2D eigenvalue weighted by atomic mass is 16.4. The molecular formula is C19H24N4O5. The van der Waals surface area contributed by atoms with E-state index in [1.807, 2.05) is 12.1 Å². The summed E-state index contributed by atoms with van der Waals surface area (Å²) in [5, 5.41) is 9.04. The Hall–Kier alpha value is -3.10. The van der Waals surface area contributed by atoms with Crippen LogP contribution in [0.2, 0.25) is 0 Å². The largest absolute Gasteiger partial charge is 0.480 e. The second-order valence-corrected chi connectivity index (χ2v) is 7.04. The topological polar surface area (TPSA) is 116 Å². The molecule has 1 aliphatic heterocycles. The van der Waals surface area contributed by atoms with E-state index in [0.29, 0.717) is 43.4 Å². The second kappa shape index (κ2) is 8.28. The molecule has 0 bridgehead atoms. The van der Waals surface area contributed by atoms with Crippen molar-refractivity contribution < 1.29 is 19.5 Å². The van der Waals surface area contributed by atoms with Gasteiger partial charge in [0, 0.05) is 26.1 Å². The van der Waals surface area contributed by atoms with Gasteiger partial charge in [0.1, 0.15) is 13.1 Å². The monoisotopic (exact) mass is 388 g/mol. The van der Waals surface area contributed by atoms with Crippen molar-refractivity contribution in [2.45, 2.75) is 38.8 Å². The van der Waals surface area contributed by atoms with Crippen LogP contribution < -0.4 is 5.69 Å². The van der Waals surface area contributed by atoms with Crippen LogP contribution in [-0.4, -0.2) is 67.9 Å². The van der Waals surface area contributed by atoms with Crippen LogP contribution in [-0.2, 0) is 20.9 Å². The molecule has 1 unspecified atom stereocenters. The molecule has 1 atom stereocenters. The molecule has 0 aliphatic carbocycles. The Morgan fingerprint density at radius 1 is 1.21 bits per heavy atom. The van der Waals surface area contributed by atoms with Crippen LogP contribution in [0.5, 0.6) is 0 Å². The number of nitrogens with zero attached hydrogens (tertiary/aromatic N) is 3. The number of nitrogens with one attached hydrogen (secondary N) is 1. The van der Waals surface area contributed by atoms with Crippen molar-refractivity contribution in [1.82, 2.24) is 19.4 Å². The highest BCUT2D eigenvalue weighted by molar-refractivity contribution is 5.81. The highest BCUT2D eigenvalue weighted by Gasteiger charge is 2.27. The number of aromatic nitrogens is 2. The number of carboxylic acids is 1. The maximum atomic E-state index is 12.8. The number of H-pyrrole nitrogens is 1. The van der Waals surface area contributed by atoms with Gasteiger partial charge in [-0.25, -0.2) is 4.79 Å². The van der Waals surface area contributed by atoms with Crippen molar-refractivity contribution in [3.8, 4) is 0 Å². The Morgan fingerprint density at radius 2 is 1.96 bits per heavy atom. The number of rotatable bonds is 5. The molecule has 1 saturated heterocycles. The number of fused-ring (bicyclic) bond motifs is 1. The minimum Gasteiger partial charge on any atom is -0.480 e. The van der Waals surface area contributed by atoms with Gasteiger partial charge in [-0.2, -0.15) is 0 Å². The van der Waals surface area contributed by atoms with Crippen molar-refractivity contribution in [1.29, 1.82) is 0 Å². The van der Waals surface area contributed by atoms with Gasteiger partial charge in [-0.05, 0) is 31.4 Å². The summed E-state index contributed by atoms with van der Waals surface area (Å²) in [6.45, 7) is 1.91. The maximum Gasteiger partial charge on any atom is 0.326 e. The standard InChI is InChI=1S/C19H24N4O5/c1-13(24)22(12-18(26)27)14-5-4-9-21(10-8-14)17(25)11-23-16-7-3-2-6-15(16)20-19(23)28/h2-3,6-7,14H,4-5,8-12H2,1H3,(H,20,28)(H,26,27). The van der Waals surface area contributed by atoms with Crippen LogP contribution >= 0.6 is 0 Å². The lowest BCUT2D eigenvalue weighted by Crippen LogP contribution is -2.43. The predicted octanol–water partition coefficient (Wildman–Crippen LogP) is 0.644. The van der Waals surface area contributed by atoms with E-state index in [0.717, 1.165) is 0 Å². The zero-order valence-electron chi connectivity index (χ0n) is 15.8. The lowest BCUT2D eigenvalue weighted by molar-refractivity contribution is -0.145. The van der Waals surface area contributed by atoms with E-state index < -0.39 is 5.97 Å². The molecule has 28 heavy (non-hydrogen) atoms. The number of aromatic amines is 1. The molecule has 0 radical (unpaired) electrons. The molecule has 0 spiro atoms. The minimum atomic E-state index is -1.05. The molecule has 0 saturated carbocycles. The van der Waals surface area contributed by atoms with Gasteiger partial charge in [0.15, 0.2) is 0 Å².